The standard InChI is InChI=1S/C5H5F3N2/c1-3-4(2-9-10-3)5(6,7)8/h2,4H,1H3/t4-/m1/s1. The van der Waals surface area contributed by atoms with Crippen LogP contribution < -0.4 is 0 Å². The van der Waals surface area contributed by atoms with E-state index in [0.717, 1.165) is 6.21 Å². The van der Waals surface area contributed by atoms with E-state index >= 15 is 0 Å². The first-order valence-electron chi connectivity index (χ1n) is 2.66. The van der Waals surface area contributed by atoms with Gasteiger partial charge in [-0.3, -0.25) is 0 Å². The molecule has 5 heteroatoms. The summed E-state index contributed by atoms with van der Waals surface area (Å²) in [4.78, 5) is 0. The molecule has 0 amide bonds. The van der Waals surface area contributed by atoms with Crippen LogP contribution in [0.4, 0.5) is 13.2 Å². The summed E-state index contributed by atoms with van der Waals surface area (Å²) in [7, 11) is 0. The third-order valence-electron chi connectivity index (χ3n) is 1.23. The lowest BCUT2D eigenvalue weighted by molar-refractivity contribution is -0.137. The monoisotopic (exact) mass is 150 g/mol. The van der Waals surface area contributed by atoms with Crippen LogP contribution in [0.3, 0.4) is 0 Å². The summed E-state index contributed by atoms with van der Waals surface area (Å²) in [5.74, 6) is -1.56. The van der Waals surface area contributed by atoms with Gasteiger partial charge in [0.1, 0.15) is 5.92 Å². The van der Waals surface area contributed by atoms with Crippen molar-refractivity contribution in [2.75, 3.05) is 0 Å². The van der Waals surface area contributed by atoms with E-state index in [-0.39, 0.29) is 5.71 Å². The van der Waals surface area contributed by atoms with E-state index in [2.05, 4.69) is 10.2 Å². The molecule has 0 aromatic rings. The van der Waals surface area contributed by atoms with E-state index in [9.17, 15) is 13.2 Å². The van der Waals surface area contributed by atoms with Crippen molar-refractivity contribution < 1.29 is 13.2 Å². The third kappa shape index (κ3) is 1.17. The maximum atomic E-state index is 11.8. The molecule has 0 aliphatic carbocycles. The van der Waals surface area contributed by atoms with Crippen molar-refractivity contribution >= 4 is 11.9 Å². The summed E-state index contributed by atoms with van der Waals surface area (Å²) in [6, 6.07) is 0. The van der Waals surface area contributed by atoms with Crippen LogP contribution in [0.1, 0.15) is 6.92 Å². The van der Waals surface area contributed by atoms with Crippen LogP contribution in [-0.4, -0.2) is 18.1 Å². The zero-order chi connectivity index (χ0) is 7.78. The molecule has 0 aromatic carbocycles. The van der Waals surface area contributed by atoms with Crippen molar-refractivity contribution in [3.63, 3.8) is 0 Å². The molecule has 1 rings (SSSR count). The van der Waals surface area contributed by atoms with Crippen LogP contribution >= 0.6 is 0 Å². The second kappa shape index (κ2) is 2.07. The van der Waals surface area contributed by atoms with Gasteiger partial charge in [-0.2, -0.15) is 23.4 Å². The second-order valence-corrected chi connectivity index (χ2v) is 2.03. The van der Waals surface area contributed by atoms with Gasteiger partial charge in [0.2, 0.25) is 0 Å². The van der Waals surface area contributed by atoms with Crippen molar-refractivity contribution in [1.82, 2.24) is 0 Å². The van der Waals surface area contributed by atoms with Crippen LogP contribution in [0.15, 0.2) is 10.2 Å². The molecular formula is C5H5F3N2. The van der Waals surface area contributed by atoms with Crippen molar-refractivity contribution in [3.8, 4) is 0 Å². The number of halogens is 3. The quantitative estimate of drug-likeness (QED) is 0.501. The summed E-state index contributed by atoms with van der Waals surface area (Å²) in [6.07, 6.45) is -3.43. The average molecular weight is 150 g/mol. The van der Waals surface area contributed by atoms with E-state index in [1.807, 2.05) is 0 Å². The van der Waals surface area contributed by atoms with Crippen molar-refractivity contribution in [2.24, 2.45) is 16.1 Å². The molecular weight excluding hydrogens is 145 g/mol. The third-order valence-corrected chi connectivity index (χ3v) is 1.23. The molecule has 0 aromatic heterocycles. The summed E-state index contributed by atoms with van der Waals surface area (Å²) in [5, 5.41) is 6.41. The molecule has 0 saturated heterocycles. The van der Waals surface area contributed by atoms with Gasteiger partial charge in [0.25, 0.3) is 0 Å². The zero-order valence-corrected chi connectivity index (χ0v) is 5.18. The molecule has 2 nitrogen and oxygen atoms in total. The Labute approximate surface area is 55.5 Å². The molecule has 1 aliphatic heterocycles. The summed E-state index contributed by atoms with van der Waals surface area (Å²) >= 11 is 0. The van der Waals surface area contributed by atoms with Gasteiger partial charge in [-0.1, -0.05) is 0 Å². The SMILES string of the molecule is CC1=NN=C[C@H]1C(F)(F)F. The van der Waals surface area contributed by atoms with Crippen LogP contribution in [0.25, 0.3) is 0 Å². The molecule has 56 valence electrons. The Morgan fingerprint density at radius 3 is 2.30 bits per heavy atom. The molecule has 1 atom stereocenters. The lowest BCUT2D eigenvalue weighted by Crippen LogP contribution is -2.28. The Kier molecular flexibility index (Phi) is 1.50. The predicted octanol–water partition coefficient (Wildman–Crippen LogP) is 1.63. The molecule has 0 fully saturated rings. The zero-order valence-electron chi connectivity index (χ0n) is 5.18. The Morgan fingerprint density at radius 1 is 1.50 bits per heavy atom. The first-order chi connectivity index (χ1) is 4.52. The average Bonchev–Trinajstić information content (AvgIpc) is 2.11. The highest BCUT2D eigenvalue weighted by Gasteiger charge is 2.42. The summed E-state index contributed by atoms with van der Waals surface area (Å²) in [5.41, 5.74) is 0.00694. The van der Waals surface area contributed by atoms with E-state index in [4.69, 9.17) is 0 Å². The summed E-state index contributed by atoms with van der Waals surface area (Å²) in [6.45, 7) is 1.31. The van der Waals surface area contributed by atoms with Crippen LogP contribution in [0.5, 0.6) is 0 Å². The molecule has 10 heavy (non-hydrogen) atoms. The largest absolute Gasteiger partial charge is 0.401 e. The number of rotatable bonds is 0. The second-order valence-electron chi connectivity index (χ2n) is 2.03. The van der Waals surface area contributed by atoms with Gasteiger partial charge < -0.3 is 0 Å². The fourth-order valence-corrected chi connectivity index (χ4v) is 0.683. The fraction of sp³-hybridized carbons (Fsp3) is 0.600. The van der Waals surface area contributed by atoms with Gasteiger partial charge in [0.15, 0.2) is 0 Å². The molecule has 1 aliphatic rings. The molecule has 0 N–H and O–H groups in total. The van der Waals surface area contributed by atoms with Crippen LogP contribution in [0.2, 0.25) is 0 Å². The van der Waals surface area contributed by atoms with Crippen LogP contribution in [0, 0.1) is 5.92 Å². The van der Waals surface area contributed by atoms with Crippen molar-refractivity contribution in [2.45, 2.75) is 13.1 Å². The minimum atomic E-state index is -4.23. The fourth-order valence-electron chi connectivity index (χ4n) is 0.683. The lowest BCUT2D eigenvalue weighted by Gasteiger charge is -2.10. The highest BCUT2D eigenvalue weighted by molar-refractivity contribution is 6.00. The van der Waals surface area contributed by atoms with Gasteiger partial charge in [-0.15, -0.1) is 0 Å². The van der Waals surface area contributed by atoms with Gasteiger partial charge >= 0.3 is 6.18 Å². The Morgan fingerprint density at radius 2 is 2.10 bits per heavy atom. The first kappa shape index (κ1) is 7.24. The molecule has 0 bridgehead atoms. The van der Waals surface area contributed by atoms with E-state index in [1.54, 1.807) is 0 Å². The highest BCUT2D eigenvalue weighted by Crippen LogP contribution is 2.27. The molecule has 0 spiro atoms. The maximum absolute atomic E-state index is 11.8. The van der Waals surface area contributed by atoms with Crippen molar-refractivity contribution in [1.29, 1.82) is 0 Å². The molecule has 0 saturated carbocycles. The van der Waals surface area contributed by atoms with Gasteiger partial charge in [-0.05, 0) is 6.92 Å². The normalized spacial score (nSPS) is 25.2. The van der Waals surface area contributed by atoms with Crippen LogP contribution in [-0.2, 0) is 0 Å². The number of hydrogen-bond acceptors (Lipinski definition) is 2. The lowest BCUT2D eigenvalue weighted by atomic mass is 10.1. The number of alkyl halides is 3. The molecule has 0 unspecified atom stereocenters. The Balaban J connectivity index is 2.76. The Hall–Kier alpha value is -0.870. The number of nitrogens with zero attached hydrogens (tertiary/aromatic N) is 2. The minimum absolute atomic E-state index is 0.00694. The smallest absolute Gasteiger partial charge is 0.170 e. The van der Waals surface area contributed by atoms with Crippen molar-refractivity contribution in [3.05, 3.63) is 0 Å². The van der Waals surface area contributed by atoms with E-state index in [0.29, 0.717) is 0 Å². The van der Waals surface area contributed by atoms with Gasteiger partial charge in [0, 0.05) is 6.21 Å². The first-order valence-corrected chi connectivity index (χ1v) is 2.66. The maximum Gasteiger partial charge on any atom is 0.401 e. The topological polar surface area (TPSA) is 24.7 Å². The minimum Gasteiger partial charge on any atom is -0.170 e. The number of hydrogen-bond donors (Lipinski definition) is 0. The van der Waals surface area contributed by atoms with Gasteiger partial charge in [0.05, 0.1) is 5.71 Å². The highest BCUT2D eigenvalue weighted by atomic mass is 19.4. The van der Waals surface area contributed by atoms with E-state index in [1.165, 1.54) is 6.92 Å². The molecule has 0 radical (unpaired) electrons. The Bertz CT molecular complexity index is 192. The predicted molar refractivity (Wildman–Crippen MR) is 31.1 cm³/mol. The van der Waals surface area contributed by atoms with E-state index < -0.39 is 12.1 Å². The summed E-state index contributed by atoms with van der Waals surface area (Å²) < 4.78 is 35.5. The molecule has 1 heterocycles. The van der Waals surface area contributed by atoms with Gasteiger partial charge in [-0.25, -0.2) is 0 Å².